The Morgan fingerprint density at radius 1 is 1.36 bits per heavy atom. The Kier molecular flexibility index (Phi) is 4.94. The van der Waals surface area contributed by atoms with E-state index in [0.29, 0.717) is 29.2 Å². The van der Waals surface area contributed by atoms with Gasteiger partial charge in [0.15, 0.2) is 5.13 Å². The number of aromatic nitrogens is 3. The Morgan fingerprint density at radius 2 is 2.16 bits per heavy atom. The summed E-state index contributed by atoms with van der Waals surface area (Å²) in [6, 6.07) is 6.24. The highest BCUT2D eigenvalue weighted by Crippen LogP contribution is 2.25. The van der Waals surface area contributed by atoms with Crippen molar-refractivity contribution in [2.24, 2.45) is 7.05 Å². The second kappa shape index (κ2) is 7.14. The highest BCUT2D eigenvalue weighted by Gasteiger charge is 2.13. The molecule has 7 heteroatoms. The first-order valence-electron chi connectivity index (χ1n) is 7.94. The Morgan fingerprint density at radius 3 is 2.84 bits per heavy atom. The average molecular weight is 358 g/mol. The van der Waals surface area contributed by atoms with Crippen LogP contribution in [-0.4, -0.2) is 20.7 Å². The lowest BCUT2D eigenvalue weighted by Crippen LogP contribution is -2.12. The minimum absolute atomic E-state index is 0.0946. The highest BCUT2D eigenvalue weighted by molar-refractivity contribution is 7.14. The molecule has 0 aliphatic carbocycles. The van der Waals surface area contributed by atoms with Crippen molar-refractivity contribution in [1.29, 1.82) is 0 Å². The number of thiazole rings is 1. The zero-order valence-corrected chi connectivity index (χ0v) is 15.2. The summed E-state index contributed by atoms with van der Waals surface area (Å²) in [6.07, 6.45) is 1.00. The largest absolute Gasteiger partial charge is 0.302 e. The summed E-state index contributed by atoms with van der Waals surface area (Å²) in [6.45, 7) is 3.95. The molecule has 0 saturated heterocycles. The van der Waals surface area contributed by atoms with E-state index in [4.69, 9.17) is 0 Å². The number of halogens is 1. The topological polar surface area (TPSA) is 59.8 Å². The molecular formula is C18H19FN4OS. The van der Waals surface area contributed by atoms with Crippen LogP contribution in [0.3, 0.4) is 0 Å². The minimum atomic E-state index is -0.307. The fourth-order valence-corrected chi connectivity index (χ4v) is 3.45. The maximum atomic E-state index is 13.3. The van der Waals surface area contributed by atoms with Crippen molar-refractivity contribution in [3.63, 3.8) is 0 Å². The van der Waals surface area contributed by atoms with Gasteiger partial charge in [-0.25, -0.2) is 9.37 Å². The van der Waals surface area contributed by atoms with E-state index >= 15 is 0 Å². The summed E-state index contributed by atoms with van der Waals surface area (Å²) < 4.78 is 15.1. The molecule has 25 heavy (non-hydrogen) atoms. The summed E-state index contributed by atoms with van der Waals surface area (Å²) in [5.74, 6) is -0.402. The van der Waals surface area contributed by atoms with Crippen molar-refractivity contribution in [2.45, 2.75) is 26.7 Å². The van der Waals surface area contributed by atoms with Crippen LogP contribution >= 0.6 is 11.3 Å². The third kappa shape index (κ3) is 3.93. The third-order valence-corrected chi connectivity index (χ3v) is 4.89. The molecule has 0 bridgehead atoms. The van der Waals surface area contributed by atoms with Crippen LogP contribution < -0.4 is 5.32 Å². The zero-order chi connectivity index (χ0) is 18.0. The summed E-state index contributed by atoms with van der Waals surface area (Å²) in [7, 11) is 1.90. The quantitative estimate of drug-likeness (QED) is 0.753. The van der Waals surface area contributed by atoms with Gasteiger partial charge in [0, 0.05) is 30.1 Å². The standard InChI is InChI=1S/C18H19FN4OS/c1-11-15(12(2)23(3)22-11)7-8-17(24)21-18-20-16(10-25-18)13-5-4-6-14(19)9-13/h4-6,9-10H,7-8H2,1-3H3,(H,20,21,24). The van der Waals surface area contributed by atoms with Crippen LogP contribution in [0.5, 0.6) is 0 Å². The van der Waals surface area contributed by atoms with Gasteiger partial charge in [0.1, 0.15) is 5.82 Å². The van der Waals surface area contributed by atoms with Crippen LogP contribution in [-0.2, 0) is 18.3 Å². The molecule has 0 fully saturated rings. The van der Waals surface area contributed by atoms with Gasteiger partial charge >= 0.3 is 0 Å². The van der Waals surface area contributed by atoms with E-state index in [1.807, 2.05) is 25.6 Å². The van der Waals surface area contributed by atoms with E-state index in [1.165, 1.54) is 23.5 Å². The van der Waals surface area contributed by atoms with E-state index < -0.39 is 0 Å². The van der Waals surface area contributed by atoms with Crippen LogP contribution in [0, 0.1) is 19.7 Å². The SMILES string of the molecule is Cc1nn(C)c(C)c1CCC(=O)Nc1nc(-c2cccc(F)c2)cs1. The number of carbonyl (C=O) groups is 1. The summed E-state index contributed by atoms with van der Waals surface area (Å²) in [5, 5.41) is 9.49. The fraction of sp³-hybridized carbons (Fsp3) is 0.278. The van der Waals surface area contributed by atoms with Crippen molar-refractivity contribution in [3.8, 4) is 11.3 Å². The van der Waals surface area contributed by atoms with E-state index in [1.54, 1.807) is 17.5 Å². The Hall–Kier alpha value is -2.54. The van der Waals surface area contributed by atoms with E-state index in [-0.39, 0.29) is 11.7 Å². The molecular weight excluding hydrogens is 339 g/mol. The van der Waals surface area contributed by atoms with Crippen LogP contribution in [0.2, 0.25) is 0 Å². The number of amides is 1. The number of hydrogen-bond acceptors (Lipinski definition) is 4. The van der Waals surface area contributed by atoms with Crippen molar-refractivity contribution in [2.75, 3.05) is 5.32 Å². The smallest absolute Gasteiger partial charge is 0.226 e. The minimum Gasteiger partial charge on any atom is -0.302 e. The molecule has 3 rings (SSSR count). The van der Waals surface area contributed by atoms with Crippen molar-refractivity contribution in [1.82, 2.24) is 14.8 Å². The molecule has 1 N–H and O–H groups in total. The van der Waals surface area contributed by atoms with Crippen LogP contribution in [0.4, 0.5) is 9.52 Å². The van der Waals surface area contributed by atoms with Gasteiger partial charge in [-0.2, -0.15) is 5.10 Å². The number of hydrogen-bond donors (Lipinski definition) is 1. The Balaban J connectivity index is 1.62. The highest BCUT2D eigenvalue weighted by atomic mass is 32.1. The average Bonchev–Trinajstić information content (AvgIpc) is 3.11. The number of nitrogens with zero attached hydrogens (tertiary/aromatic N) is 3. The van der Waals surface area contributed by atoms with Gasteiger partial charge in [-0.3, -0.25) is 9.48 Å². The van der Waals surface area contributed by atoms with Crippen molar-refractivity contribution in [3.05, 3.63) is 52.4 Å². The van der Waals surface area contributed by atoms with E-state index in [9.17, 15) is 9.18 Å². The second-order valence-electron chi connectivity index (χ2n) is 5.87. The molecule has 1 amide bonds. The maximum Gasteiger partial charge on any atom is 0.226 e. The zero-order valence-electron chi connectivity index (χ0n) is 14.3. The molecule has 0 saturated carbocycles. The van der Waals surface area contributed by atoms with Gasteiger partial charge in [0.2, 0.25) is 5.91 Å². The molecule has 0 spiro atoms. The molecule has 3 aromatic rings. The summed E-state index contributed by atoms with van der Waals surface area (Å²) in [4.78, 5) is 16.5. The molecule has 1 aromatic carbocycles. The molecule has 0 atom stereocenters. The summed E-state index contributed by atoms with van der Waals surface area (Å²) in [5.41, 5.74) is 4.48. The molecule has 2 heterocycles. The van der Waals surface area contributed by atoms with Gasteiger partial charge in [0.05, 0.1) is 11.4 Å². The molecule has 0 radical (unpaired) electrons. The molecule has 130 valence electrons. The number of rotatable bonds is 5. The van der Waals surface area contributed by atoms with Gasteiger partial charge in [-0.1, -0.05) is 12.1 Å². The number of benzene rings is 1. The third-order valence-electron chi connectivity index (χ3n) is 4.13. The first kappa shape index (κ1) is 17.3. The van der Waals surface area contributed by atoms with Crippen LogP contribution in [0.1, 0.15) is 23.4 Å². The molecule has 0 aliphatic rings. The van der Waals surface area contributed by atoms with Crippen molar-refractivity contribution >= 4 is 22.4 Å². The van der Waals surface area contributed by atoms with Gasteiger partial charge < -0.3 is 5.32 Å². The van der Waals surface area contributed by atoms with E-state index in [0.717, 1.165) is 17.0 Å². The second-order valence-corrected chi connectivity index (χ2v) is 6.73. The first-order valence-corrected chi connectivity index (χ1v) is 8.82. The first-order chi connectivity index (χ1) is 11.9. The lowest BCUT2D eigenvalue weighted by Gasteiger charge is -2.03. The number of nitrogens with one attached hydrogen (secondary N) is 1. The predicted octanol–water partition coefficient (Wildman–Crippen LogP) is 3.87. The number of carbonyl (C=O) groups excluding carboxylic acids is 1. The normalized spacial score (nSPS) is 10.9. The van der Waals surface area contributed by atoms with Gasteiger partial charge in [0.25, 0.3) is 0 Å². The number of anilines is 1. The summed E-state index contributed by atoms with van der Waals surface area (Å²) >= 11 is 1.33. The molecule has 0 unspecified atom stereocenters. The van der Waals surface area contributed by atoms with Crippen LogP contribution in [0.25, 0.3) is 11.3 Å². The van der Waals surface area contributed by atoms with Crippen LogP contribution in [0.15, 0.2) is 29.6 Å². The predicted molar refractivity (Wildman–Crippen MR) is 97.1 cm³/mol. The monoisotopic (exact) mass is 358 g/mol. The van der Waals surface area contributed by atoms with E-state index in [2.05, 4.69) is 15.4 Å². The lowest BCUT2D eigenvalue weighted by atomic mass is 10.1. The maximum absolute atomic E-state index is 13.3. The van der Waals surface area contributed by atoms with Gasteiger partial charge in [-0.15, -0.1) is 11.3 Å². The fourth-order valence-electron chi connectivity index (χ4n) is 2.71. The number of aryl methyl sites for hydroxylation is 2. The van der Waals surface area contributed by atoms with Gasteiger partial charge in [-0.05, 0) is 38.0 Å². The molecule has 0 aliphatic heterocycles. The lowest BCUT2D eigenvalue weighted by molar-refractivity contribution is -0.116. The molecule has 2 aromatic heterocycles. The Labute approximate surface area is 149 Å². The van der Waals surface area contributed by atoms with Crippen molar-refractivity contribution < 1.29 is 9.18 Å². The Bertz CT molecular complexity index is 916. The molecule has 5 nitrogen and oxygen atoms in total.